The predicted molar refractivity (Wildman–Crippen MR) is 106 cm³/mol. The van der Waals surface area contributed by atoms with E-state index in [4.69, 9.17) is 4.74 Å². The second-order valence-electron chi connectivity index (χ2n) is 5.96. The fourth-order valence-corrected chi connectivity index (χ4v) is 2.67. The molecule has 0 saturated carbocycles. The van der Waals surface area contributed by atoms with Crippen LogP contribution in [-0.4, -0.2) is 24.3 Å². The van der Waals surface area contributed by atoms with E-state index in [-0.39, 0.29) is 5.82 Å². The maximum Gasteiger partial charge on any atom is 0.141 e. The Hall–Kier alpha value is -1.88. The second-order valence-corrected chi connectivity index (χ2v) is 6.81. The summed E-state index contributed by atoms with van der Waals surface area (Å²) < 4.78 is 19.9. The lowest BCUT2D eigenvalue weighted by atomic mass is 10.1. The summed E-state index contributed by atoms with van der Waals surface area (Å²) in [7, 11) is 0. The van der Waals surface area contributed by atoms with Gasteiger partial charge in [0.1, 0.15) is 17.3 Å². The highest BCUT2D eigenvalue weighted by molar-refractivity contribution is 9.10. The van der Waals surface area contributed by atoms with Crippen molar-refractivity contribution in [2.75, 3.05) is 13.1 Å². The van der Waals surface area contributed by atoms with Crippen LogP contribution >= 0.6 is 15.9 Å². The lowest BCUT2D eigenvalue weighted by Gasteiger charge is -2.16. The summed E-state index contributed by atoms with van der Waals surface area (Å²) >= 11 is 3.15. The molecule has 25 heavy (non-hydrogen) atoms. The fourth-order valence-electron chi connectivity index (χ4n) is 2.42. The number of benzene rings is 2. The first-order valence-electron chi connectivity index (χ1n) is 8.47. The Labute approximate surface area is 157 Å². The van der Waals surface area contributed by atoms with Gasteiger partial charge in [0.05, 0.1) is 16.5 Å². The SMILES string of the molecule is CCCN(/C=N/c1cc(C)c(Oc2ccc(Br)c(F)c2)cc1C)CC. The van der Waals surface area contributed by atoms with Crippen molar-refractivity contribution in [2.24, 2.45) is 4.99 Å². The van der Waals surface area contributed by atoms with E-state index in [0.29, 0.717) is 16.0 Å². The molecule has 2 rings (SSSR count). The first-order chi connectivity index (χ1) is 11.9. The molecule has 0 spiro atoms. The third kappa shape index (κ3) is 5.30. The molecule has 0 atom stereocenters. The monoisotopic (exact) mass is 406 g/mol. The lowest BCUT2D eigenvalue weighted by molar-refractivity contribution is 0.452. The minimum atomic E-state index is -0.344. The summed E-state index contributed by atoms with van der Waals surface area (Å²) in [6.45, 7) is 10.2. The first kappa shape index (κ1) is 19.4. The molecule has 0 amide bonds. The van der Waals surface area contributed by atoms with Crippen LogP contribution in [0.3, 0.4) is 0 Å². The second kappa shape index (κ2) is 8.99. The molecule has 0 aromatic heterocycles. The summed E-state index contributed by atoms with van der Waals surface area (Å²) in [5.41, 5.74) is 2.89. The van der Waals surface area contributed by atoms with E-state index in [1.807, 2.05) is 32.3 Å². The Bertz CT molecular complexity index is 762. The van der Waals surface area contributed by atoms with Crippen molar-refractivity contribution in [1.29, 1.82) is 0 Å². The van der Waals surface area contributed by atoms with Gasteiger partial charge in [-0.3, -0.25) is 0 Å². The number of ether oxygens (including phenoxy) is 1. The molecule has 0 N–H and O–H groups in total. The summed E-state index contributed by atoms with van der Waals surface area (Å²) in [6, 6.07) is 8.68. The van der Waals surface area contributed by atoms with Crippen LogP contribution in [0.2, 0.25) is 0 Å². The van der Waals surface area contributed by atoms with Crippen molar-refractivity contribution in [3.05, 3.63) is 51.7 Å². The summed E-state index contributed by atoms with van der Waals surface area (Å²) in [5, 5.41) is 0. The quantitative estimate of drug-likeness (QED) is 0.393. The zero-order valence-electron chi connectivity index (χ0n) is 15.1. The van der Waals surface area contributed by atoms with Gasteiger partial charge in [-0.25, -0.2) is 9.38 Å². The van der Waals surface area contributed by atoms with Crippen LogP contribution in [0.25, 0.3) is 0 Å². The molecule has 0 saturated heterocycles. The Balaban J connectivity index is 2.21. The largest absolute Gasteiger partial charge is 0.457 e. The van der Waals surface area contributed by atoms with Gasteiger partial charge in [0, 0.05) is 19.2 Å². The number of halogens is 2. The minimum absolute atomic E-state index is 0.344. The van der Waals surface area contributed by atoms with Crippen LogP contribution in [0.15, 0.2) is 39.8 Å². The normalized spacial score (nSPS) is 11.1. The molecule has 0 heterocycles. The number of nitrogens with zero attached hydrogens (tertiary/aromatic N) is 2. The number of hydrogen-bond acceptors (Lipinski definition) is 2. The number of aryl methyl sites for hydroxylation is 2. The molecule has 2 aromatic rings. The lowest BCUT2D eigenvalue weighted by Crippen LogP contribution is -2.21. The van der Waals surface area contributed by atoms with Crippen molar-refractivity contribution >= 4 is 28.0 Å². The van der Waals surface area contributed by atoms with Gasteiger partial charge in [-0.15, -0.1) is 0 Å². The van der Waals surface area contributed by atoms with Crippen molar-refractivity contribution in [1.82, 2.24) is 4.90 Å². The van der Waals surface area contributed by atoms with Gasteiger partial charge in [0.2, 0.25) is 0 Å². The minimum Gasteiger partial charge on any atom is -0.457 e. The van der Waals surface area contributed by atoms with Gasteiger partial charge in [-0.1, -0.05) is 6.92 Å². The average molecular weight is 407 g/mol. The standard InChI is InChI=1S/C20H24BrFN2O/c1-5-9-24(6-2)13-23-19-10-15(4)20(11-14(19)3)25-16-7-8-17(21)18(22)12-16/h7-8,10-13H,5-6,9H2,1-4H3/b23-13+. The Morgan fingerprint density at radius 1 is 1.16 bits per heavy atom. The first-order valence-corrected chi connectivity index (χ1v) is 9.26. The molecule has 0 unspecified atom stereocenters. The van der Waals surface area contributed by atoms with Gasteiger partial charge in [-0.05, 0) is 78.5 Å². The van der Waals surface area contributed by atoms with Crippen LogP contribution in [0.5, 0.6) is 11.5 Å². The smallest absolute Gasteiger partial charge is 0.141 e. The molecule has 0 bridgehead atoms. The van der Waals surface area contributed by atoms with E-state index in [1.165, 1.54) is 6.07 Å². The summed E-state index contributed by atoms with van der Waals surface area (Å²) in [6.07, 6.45) is 2.99. The van der Waals surface area contributed by atoms with Crippen molar-refractivity contribution < 1.29 is 9.13 Å². The maximum atomic E-state index is 13.6. The van der Waals surface area contributed by atoms with Gasteiger partial charge in [0.25, 0.3) is 0 Å². The Kier molecular flexibility index (Phi) is 7.00. The number of aliphatic imine (C=N–C) groups is 1. The number of rotatable bonds is 7. The van der Waals surface area contributed by atoms with Crippen molar-refractivity contribution in [3.63, 3.8) is 0 Å². The molecule has 134 valence electrons. The van der Waals surface area contributed by atoms with E-state index in [9.17, 15) is 4.39 Å². The molecule has 0 aliphatic heterocycles. The van der Waals surface area contributed by atoms with Crippen molar-refractivity contribution in [3.8, 4) is 11.5 Å². The van der Waals surface area contributed by atoms with Crippen LogP contribution in [0, 0.1) is 19.7 Å². The Morgan fingerprint density at radius 3 is 2.56 bits per heavy atom. The summed E-state index contributed by atoms with van der Waals surface area (Å²) in [4.78, 5) is 6.79. The molecular formula is C20H24BrFN2O. The van der Waals surface area contributed by atoms with Gasteiger partial charge in [-0.2, -0.15) is 0 Å². The molecule has 0 aliphatic carbocycles. The van der Waals surface area contributed by atoms with E-state index < -0.39 is 0 Å². The van der Waals surface area contributed by atoms with Crippen LogP contribution < -0.4 is 4.74 Å². The van der Waals surface area contributed by atoms with E-state index in [1.54, 1.807) is 12.1 Å². The zero-order chi connectivity index (χ0) is 18.4. The predicted octanol–water partition coefficient (Wildman–Crippen LogP) is 6.39. The number of hydrogen-bond donors (Lipinski definition) is 0. The third-order valence-corrected chi connectivity index (χ3v) is 4.53. The molecule has 5 heteroatoms. The molecule has 0 aliphatic rings. The van der Waals surface area contributed by atoms with Gasteiger partial charge < -0.3 is 9.64 Å². The molecule has 0 radical (unpaired) electrons. The molecule has 2 aromatic carbocycles. The molecule has 0 fully saturated rings. The van der Waals surface area contributed by atoms with Gasteiger partial charge >= 0.3 is 0 Å². The third-order valence-electron chi connectivity index (χ3n) is 3.89. The molecular weight excluding hydrogens is 383 g/mol. The highest BCUT2D eigenvalue weighted by Gasteiger charge is 2.08. The van der Waals surface area contributed by atoms with Gasteiger partial charge in [0.15, 0.2) is 0 Å². The zero-order valence-corrected chi connectivity index (χ0v) is 16.7. The van der Waals surface area contributed by atoms with Crippen molar-refractivity contribution in [2.45, 2.75) is 34.1 Å². The Morgan fingerprint density at radius 2 is 1.92 bits per heavy atom. The van der Waals surface area contributed by atoms with E-state index in [2.05, 4.69) is 39.7 Å². The highest BCUT2D eigenvalue weighted by Crippen LogP contribution is 2.32. The van der Waals surface area contributed by atoms with E-state index in [0.717, 1.165) is 36.3 Å². The maximum absolute atomic E-state index is 13.6. The highest BCUT2D eigenvalue weighted by atomic mass is 79.9. The van der Waals surface area contributed by atoms with E-state index >= 15 is 0 Å². The summed E-state index contributed by atoms with van der Waals surface area (Å²) in [5.74, 6) is 0.835. The fraction of sp³-hybridized carbons (Fsp3) is 0.350. The van der Waals surface area contributed by atoms with Crippen LogP contribution in [-0.2, 0) is 0 Å². The average Bonchev–Trinajstić information content (AvgIpc) is 2.58. The van der Waals surface area contributed by atoms with Crippen LogP contribution in [0.4, 0.5) is 10.1 Å². The van der Waals surface area contributed by atoms with Crippen LogP contribution in [0.1, 0.15) is 31.4 Å². The topological polar surface area (TPSA) is 24.8 Å². The molecule has 3 nitrogen and oxygen atoms in total.